The molecule has 1 fully saturated rings. The SMILES string of the molecule is CC(CO)(NC(=O)CCCc1ccccc1Cl)C1CC1. The van der Waals surface area contributed by atoms with Crippen LogP contribution in [0.5, 0.6) is 0 Å². The second-order valence-electron chi connectivity index (χ2n) is 5.84. The van der Waals surface area contributed by atoms with Crippen molar-refractivity contribution in [3.63, 3.8) is 0 Å². The van der Waals surface area contributed by atoms with Gasteiger partial charge in [0.2, 0.25) is 5.91 Å². The minimum absolute atomic E-state index is 0.00786. The van der Waals surface area contributed by atoms with Gasteiger partial charge in [0.25, 0.3) is 0 Å². The van der Waals surface area contributed by atoms with Gasteiger partial charge in [-0.05, 0) is 50.2 Å². The van der Waals surface area contributed by atoms with E-state index in [2.05, 4.69) is 5.32 Å². The Morgan fingerprint density at radius 3 is 2.75 bits per heavy atom. The Morgan fingerprint density at radius 2 is 2.15 bits per heavy atom. The molecule has 1 amide bonds. The summed E-state index contributed by atoms with van der Waals surface area (Å²) in [5, 5.41) is 13.2. The number of nitrogens with one attached hydrogen (secondary N) is 1. The summed E-state index contributed by atoms with van der Waals surface area (Å²) in [6, 6.07) is 7.72. The van der Waals surface area contributed by atoms with Crippen LogP contribution in [0.2, 0.25) is 5.02 Å². The summed E-state index contributed by atoms with van der Waals surface area (Å²) in [5.41, 5.74) is 0.635. The number of aliphatic hydroxyl groups is 1. The lowest BCUT2D eigenvalue weighted by Crippen LogP contribution is -2.50. The van der Waals surface area contributed by atoms with Crippen molar-refractivity contribution in [3.8, 4) is 0 Å². The Morgan fingerprint density at radius 1 is 1.45 bits per heavy atom. The average Bonchev–Trinajstić information content (AvgIpc) is 3.25. The van der Waals surface area contributed by atoms with Gasteiger partial charge in [0.1, 0.15) is 0 Å². The molecule has 1 atom stereocenters. The van der Waals surface area contributed by atoms with Crippen LogP contribution in [-0.2, 0) is 11.2 Å². The lowest BCUT2D eigenvalue weighted by Gasteiger charge is -2.28. The standard InChI is InChI=1S/C16H22ClNO2/c1-16(11-19,13-9-10-13)18-15(20)8-4-6-12-5-2-3-7-14(12)17/h2-3,5,7,13,19H,4,6,8-11H2,1H3,(H,18,20). The molecule has 2 rings (SSSR count). The van der Waals surface area contributed by atoms with E-state index in [4.69, 9.17) is 11.6 Å². The summed E-state index contributed by atoms with van der Waals surface area (Å²) in [7, 11) is 0. The minimum atomic E-state index is -0.443. The molecule has 1 aromatic rings. The van der Waals surface area contributed by atoms with E-state index in [0.29, 0.717) is 12.3 Å². The normalized spacial score (nSPS) is 17.6. The number of aryl methyl sites for hydroxylation is 1. The number of hydrogen-bond donors (Lipinski definition) is 2. The number of amides is 1. The predicted octanol–water partition coefficient (Wildman–Crippen LogP) is 2.94. The van der Waals surface area contributed by atoms with Crippen molar-refractivity contribution in [2.45, 2.75) is 44.6 Å². The zero-order valence-electron chi connectivity index (χ0n) is 11.9. The zero-order valence-corrected chi connectivity index (χ0v) is 12.6. The summed E-state index contributed by atoms with van der Waals surface area (Å²) in [6.07, 6.45) is 4.22. The van der Waals surface area contributed by atoms with Crippen LogP contribution in [0, 0.1) is 5.92 Å². The summed E-state index contributed by atoms with van der Waals surface area (Å²) in [6.45, 7) is 1.94. The predicted molar refractivity (Wildman–Crippen MR) is 80.7 cm³/mol. The van der Waals surface area contributed by atoms with Crippen LogP contribution in [0.1, 0.15) is 38.2 Å². The third-order valence-electron chi connectivity index (χ3n) is 4.04. The highest BCUT2D eigenvalue weighted by Gasteiger charge is 2.41. The van der Waals surface area contributed by atoms with Gasteiger partial charge in [-0.25, -0.2) is 0 Å². The molecule has 1 aromatic carbocycles. The van der Waals surface area contributed by atoms with E-state index in [1.54, 1.807) is 0 Å². The van der Waals surface area contributed by atoms with Crippen LogP contribution in [0.25, 0.3) is 0 Å². The van der Waals surface area contributed by atoms with E-state index in [-0.39, 0.29) is 12.5 Å². The number of aliphatic hydroxyl groups excluding tert-OH is 1. The molecule has 0 aromatic heterocycles. The fourth-order valence-electron chi connectivity index (χ4n) is 2.51. The summed E-state index contributed by atoms with van der Waals surface area (Å²) in [5.74, 6) is 0.445. The van der Waals surface area contributed by atoms with Gasteiger partial charge in [0.15, 0.2) is 0 Å². The second-order valence-corrected chi connectivity index (χ2v) is 6.25. The number of halogens is 1. The highest BCUT2D eigenvalue weighted by Crippen LogP contribution is 2.39. The first-order chi connectivity index (χ1) is 9.55. The van der Waals surface area contributed by atoms with Crippen molar-refractivity contribution in [2.75, 3.05) is 6.61 Å². The highest BCUT2D eigenvalue weighted by molar-refractivity contribution is 6.31. The molecule has 0 heterocycles. The summed E-state index contributed by atoms with van der Waals surface area (Å²) in [4.78, 5) is 12.0. The summed E-state index contributed by atoms with van der Waals surface area (Å²) >= 11 is 6.08. The monoisotopic (exact) mass is 295 g/mol. The third kappa shape index (κ3) is 3.97. The van der Waals surface area contributed by atoms with Gasteiger partial charge in [0, 0.05) is 11.4 Å². The van der Waals surface area contributed by atoms with Crippen LogP contribution in [-0.4, -0.2) is 23.2 Å². The van der Waals surface area contributed by atoms with Gasteiger partial charge < -0.3 is 10.4 Å². The Kier molecular flexibility index (Phi) is 5.06. The van der Waals surface area contributed by atoms with Gasteiger partial charge in [-0.2, -0.15) is 0 Å². The smallest absolute Gasteiger partial charge is 0.220 e. The van der Waals surface area contributed by atoms with Crippen molar-refractivity contribution in [1.29, 1.82) is 0 Å². The number of carbonyl (C=O) groups is 1. The lowest BCUT2D eigenvalue weighted by molar-refractivity contribution is -0.123. The molecule has 1 aliphatic rings. The van der Waals surface area contributed by atoms with E-state index in [1.807, 2.05) is 31.2 Å². The van der Waals surface area contributed by atoms with Gasteiger partial charge in [-0.3, -0.25) is 4.79 Å². The van der Waals surface area contributed by atoms with Crippen LogP contribution < -0.4 is 5.32 Å². The van der Waals surface area contributed by atoms with Crippen LogP contribution >= 0.6 is 11.6 Å². The number of benzene rings is 1. The van der Waals surface area contributed by atoms with Crippen molar-refractivity contribution in [2.24, 2.45) is 5.92 Å². The van der Waals surface area contributed by atoms with Crippen molar-refractivity contribution >= 4 is 17.5 Å². The topological polar surface area (TPSA) is 49.3 Å². The molecule has 110 valence electrons. The highest BCUT2D eigenvalue weighted by atomic mass is 35.5. The molecule has 0 saturated heterocycles. The number of carbonyl (C=O) groups excluding carboxylic acids is 1. The van der Waals surface area contributed by atoms with Crippen LogP contribution in [0.3, 0.4) is 0 Å². The lowest BCUT2D eigenvalue weighted by atomic mass is 9.96. The van der Waals surface area contributed by atoms with Gasteiger partial charge >= 0.3 is 0 Å². The zero-order chi connectivity index (χ0) is 14.6. The minimum Gasteiger partial charge on any atom is -0.394 e. The van der Waals surface area contributed by atoms with Crippen molar-refractivity contribution < 1.29 is 9.90 Å². The number of hydrogen-bond acceptors (Lipinski definition) is 2. The maximum absolute atomic E-state index is 12.0. The Hall–Kier alpha value is -1.06. The first-order valence-electron chi connectivity index (χ1n) is 7.20. The van der Waals surface area contributed by atoms with Crippen molar-refractivity contribution in [3.05, 3.63) is 34.9 Å². The maximum atomic E-state index is 12.0. The molecule has 0 bridgehead atoms. The Labute approximate surface area is 125 Å². The molecule has 0 spiro atoms. The largest absolute Gasteiger partial charge is 0.394 e. The molecule has 0 aliphatic heterocycles. The fraction of sp³-hybridized carbons (Fsp3) is 0.562. The van der Waals surface area contributed by atoms with E-state index in [9.17, 15) is 9.90 Å². The molecule has 1 unspecified atom stereocenters. The molecule has 4 heteroatoms. The van der Waals surface area contributed by atoms with Crippen LogP contribution in [0.4, 0.5) is 0 Å². The van der Waals surface area contributed by atoms with E-state index >= 15 is 0 Å². The molecule has 20 heavy (non-hydrogen) atoms. The molecular formula is C16H22ClNO2. The Balaban J connectivity index is 1.77. The van der Waals surface area contributed by atoms with E-state index in [1.165, 1.54) is 0 Å². The van der Waals surface area contributed by atoms with Crippen molar-refractivity contribution in [1.82, 2.24) is 5.32 Å². The third-order valence-corrected chi connectivity index (χ3v) is 4.41. The van der Waals surface area contributed by atoms with Gasteiger partial charge in [0.05, 0.1) is 12.1 Å². The summed E-state index contributed by atoms with van der Waals surface area (Å²) < 4.78 is 0. The second kappa shape index (κ2) is 6.59. The maximum Gasteiger partial charge on any atom is 0.220 e. The molecule has 1 saturated carbocycles. The Bertz CT molecular complexity index is 473. The average molecular weight is 296 g/mol. The molecule has 0 radical (unpaired) electrons. The molecule has 1 aliphatic carbocycles. The number of rotatable bonds is 7. The van der Waals surface area contributed by atoms with Gasteiger partial charge in [-0.15, -0.1) is 0 Å². The van der Waals surface area contributed by atoms with E-state index < -0.39 is 5.54 Å². The fourth-order valence-corrected chi connectivity index (χ4v) is 2.74. The van der Waals surface area contributed by atoms with Crippen LogP contribution in [0.15, 0.2) is 24.3 Å². The molecule has 2 N–H and O–H groups in total. The quantitative estimate of drug-likeness (QED) is 0.812. The molecule has 3 nitrogen and oxygen atoms in total. The first-order valence-corrected chi connectivity index (χ1v) is 7.58. The first kappa shape index (κ1) is 15.3. The molecular weight excluding hydrogens is 274 g/mol. The van der Waals surface area contributed by atoms with Gasteiger partial charge in [-0.1, -0.05) is 29.8 Å². The van der Waals surface area contributed by atoms with E-state index in [0.717, 1.165) is 36.3 Å².